The summed E-state index contributed by atoms with van der Waals surface area (Å²) < 4.78 is 6.77. The molecule has 0 bridgehead atoms. The van der Waals surface area contributed by atoms with Gasteiger partial charge in [-0.15, -0.1) is 0 Å². The second-order valence-corrected chi connectivity index (χ2v) is 6.65. The first-order chi connectivity index (χ1) is 9.20. The first-order valence-electron chi connectivity index (χ1n) is 6.94. The molecule has 19 heavy (non-hydrogen) atoms. The van der Waals surface area contributed by atoms with Crippen LogP contribution in [0.1, 0.15) is 43.7 Å². The zero-order valence-electron chi connectivity index (χ0n) is 11.3. The second-order valence-electron chi connectivity index (χ2n) is 5.08. The number of hydrogen-bond donors (Lipinski definition) is 1. The van der Waals surface area contributed by atoms with Gasteiger partial charge < -0.3 is 10.1 Å². The van der Waals surface area contributed by atoms with Gasteiger partial charge in [0.15, 0.2) is 0 Å². The van der Waals surface area contributed by atoms with Crippen LogP contribution >= 0.6 is 34.2 Å². The van der Waals surface area contributed by atoms with Gasteiger partial charge in [-0.1, -0.05) is 17.7 Å². The highest BCUT2D eigenvalue weighted by atomic mass is 127. The third-order valence-corrected chi connectivity index (χ3v) is 5.31. The molecule has 106 valence electrons. The minimum atomic E-state index is 0.385. The van der Waals surface area contributed by atoms with E-state index in [1.807, 2.05) is 7.05 Å². The summed E-state index contributed by atoms with van der Waals surface area (Å²) in [5.41, 5.74) is 1.28. The Bertz CT molecular complexity index is 407. The largest absolute Gasteiger partial charge is 0.378 e. The fourth-order valence-corrected chi connectivity index (χ4v) is 3.15. The maximum Gasteiger partial charge on any atom is 0.0576 e. The van der Waals surface area contributed by atoms with Crippen LogP contribution in [-0.4, -0.2) is 19.8 Å². The minimum absolute atomic E-state index is 0.385. The molecule has 0 radical (unpaired) electrons. The van der Waals surface area contributed by atoms with E-state index in [1.54, 1.807) is 0 Å². The van der Waals surface area contributed by atoms with Crippen molar-refractivity contribution in [3.8, 4) is 0 Å². The normalized spacial score (nSPS) is 20.7. The Morgan fingerprint density at radius 2 is 2.37 bits per heavy atom. The molecule has 1 aromatic rings. The van der Waals surface area contributed by atoms with E-state index in [-0.39, 0.29) is 0 Å². The predicted octanol–water partition coefficient (Wildman–Crippen LogP) is 4.55. The van der Waals surface area contributed by atoms with Crippen LogP contribution < -0.4 is 5.32 Å². The molecule has 0 aliphatic carbocycles. The molecule has 1 heterocycles. The van der Waals surface area contributed by atoms with Gasteiger partial charge >= 0.3 is 0 Å². The number of halogens is 2. The molecule has 0 amide bonds. The van der Waals surface area contributed by atoms with Crippen LogP contribution in [-0.2, 0) is 4.74 Å². The van der Waals surface area contributed by atoms with Crippen LogP contribution in [0.4, 0.5) is 0 Å². The molecule has 2 atom stereocenters. The molecule has 1 fully saturated rings. The van der Waals surface area contributed by atoms with Crippen LogP contribution in [0.15, 0.2) is 18.2 Å². The first-order valence-corrected chi connectivity index (χ1v) is 8.40. The molecule has 1 aliphatic heterocycles. The van der Waals surface area contributed by atoms with Crippen LogP contribution in [0.25, 0.3) is 0 Å². The van der Waals surface area contributed by atoms with Crippen molar-refractivity contribution in [2.24, 2.45) is 0 Å². The molecule has 2 unspecified atom stereocenters. The van der Waals surface area contributed by atoms with Crippen molar-refractivity contribution in [1.82, 2.24) is 5.32 Å². The highest BCUT2D eigenvalue weighted by molar-refractivity contribution is 14.1. The van der Waals surface area contributed by atoms with Crippen molar-refractivity contribution in [2.75, 3.05) is 13.7 Å². The van der Waals surface area contributed by atoms with Crippen LogP contribution in [0.2, 0.25) is 5.02 Å². The maximum absolute atomic E-state index is 6.20. The van der Waals surface area contributed by atoms with Gasteiger partial charge in [0.25, 0.3) is 0 Å². The minimum Gasteiger partial charge on any atom is -0.378 e. The van der Waals surface area contributed by atoms with Crippen LogP contribution in [0, 0.1) is 3.57 Å². The highest BCUT2D eigenvalue weighted by Crippen LogP contribution is 2.27. The van der Waals surface area contributed by atoms with Gasteiger partial charge in [0, 0.05) is 16.2 Å². The molecule has 1 saturated heterocycles. The summed E-state index contributed by atoms with van der Waals surface area (Å²) in [7, 11) is 2.02. The second kappa shape index (κ2) is 7.81. The summed E-state index contributed by atoms with van der Waals surface area (Å²) >= 11 is 8.46. The smallest absolute Gasteiger partial charge is 0.0576 e. The number of ether oxygens (including phenoxy) is 1. The summed E-state index contributed by atoms with van der Waals surface area (Å²) in [5, 5.41) is 4.23. The zero-order chi connectivity index (χ0) is 13.7. The Kier molecular flexibility index (Phi) is 6.39. The van der Waals surface area contributed by atoms with E-state index in [0.717, 1.165) is 21.6 Å². The topological polar surface area (TPSA) is 21.3 Å². The Balaban J connectivity index is 1.86. The molecule has 1 aromatic carbocycles. The Labute approximate surface area is 134 Å². The third-order valence-electron chi connectivity index (χ3n) is 3.74. The van der Waals surface area contributed by atoms with Crippen LogP contribution in [0.5, 0.6) is 0 Å². The number of hydrogen-bond acceptors (Lipinski definition) is 2. The molecule has 0 spiro atoms. The Morgan fingerprint density at radius 3 is 3.00 bits per heavy atom. The van der Waals surface area contributed by atoms with Crippen molar-refractivity contribution >= 4 is 34.2 Å². The van der Waals surface area contributed by atoms with Crippen molar-refractivity contribution in [1.29, 1.82) is 0 Å². The summed E-state index contributed by atoms with van der Waals surface area (Å²) in [4.78, 5) is 0. The van der Waals surface area contributed by atoms with E-state index < -0.39 is 0 Å². The predicted molar refractivity (Wildman–Crippen MR) is 88.8 cm³/mol. The molecular weight excluding hydrogens is 373 g/mol. The van der Waals surface area contributed by atoms with E-state index in [0.29, 0.717) is 12.1 Å². The molecule has 2 nitrogen and oxygen atoms in total. The fraction of sp³-hybridized carbons (Fsp3) is 0.600. The van der Waals surface area contributed by atoms with Gasteiger partial charge in [0.1, 0.15) is 0 Å². The Hall–Kier alpha value is 0.160. The molecule has 4 heteroatoms. The lowest BCUT2D eigenvalue weighted by Gasteiger charge is -2.18. The molecule has 0 saturated carbocycles. The number of benzene rings is 1. The Morgan fingerprint density at radius 1 is 1.53 bits per heavy atom. The van der Waals surface area contributed by atoms with Crippen molar-refractivity contribution < 1.29 is 4.74 Å². The number of rotatable bonds is 6. The lowest BCUT2D eigenvalue weighted by Crippen LogP contribution is -2.17. The van der Waals surface area contributed by atoms with Gasteiger partial charge in [-0.05, 0) is 79.4 Å². The summed E-state index contributed by atoms with van der Waals surface area (Å²) in [5.74, 6) is 0. The maximum atomic E-state index is 6.20. The lowest BCUT2D eigenvalue weighted by atomic mass is 9.99. The molecule has 1 aliphatic rings. The molecule has 0 aromatic heterocycles. The lowest BCUT2D eigenvalue weighted by molar-refractivity contribution is 0.101. The van der Waals surface area contributed by atoms with Gasteiger partial charge in [0.05, 0.1) is 11.1 Å². The van der Waals surface area contributed by atoms with Crippen LogP contribution in [0.3, 0.4) is 0 Å². The van der Waals surface area contributed by atoms with E-state index in [2.05, 4.69) is 46.1 Å². The van der Waals surface area contributed by atoms with E-state index in [4.69, 9.17) is 16.3 Å². The van der Waals surface area contributed by atoms with Crippen molar-refractivity contribution in [3.05, 3.63) is 32.4 Å². The first kappa shape index (κ1) is 15.5. The summed E-state index contributed by atoms with van der Waals surface area (Å²) in [6.07, 6.45) is 6.47. The fourth-order valence-electron chi connectivity index (χ4n) is 2.63. The summed E-state index contributed by atoms with van der Waals surface area (Å²) in [6.45, 7) is 0.951. The van der Waals surface area contributed by atoms with E-state index in [1.165, 1.54) is 31.2 Å². The van der Waals surface area contributed by atoms with Gasteiger partial charge in [0.2, 0.25) is 0 Å². The monoisotopic (exact) mass is 393 g/mol. The van der Waals surface area contributed by atoms with Gasteiger partial charge in [-0.3, -0.25) is 0 Å². The molecule has 1 N–H and O–H groups in total. The SMILES string of the molecule is CNC(CCCC1CCCO1)c1ccc(I)c(Cl)c1. The highest BCUT2D eigenvalue weighted by Gasteiger charge is 2.16. The van der Waals surface area contributed by atoms with Gasteiger partial charge in [-0.25, -0.2) is 0 Å². The van der Waals surface area contributed by atoms with Crippen molar-refractivity contribution in [2.45, 2.75) is 44.2 Å². The quantitative estimate of drug-likeness (QED) is 0.716. The zero-order valence-corrected chi connectivity index (χ0v) is 14.2. The summed E-state index contributed by atoms with van der Waals surface area (Å²) in [6, 6.07) is 6.72. The molecular formula is C15H21ClINO. The third kappa shape index (κ3) is 4.59. The average Bonchev–Trinajstić information content (AvgIpc) is 2.91. The van der Waals surface area contributed by atoms with Crippen molar-refractivity contribution in [3.63, 3.8) is 0 Å². The van der Waals surface area contributed by atoms with E-state index >= 15 is 0 Å². The number of nitrogens with one attached hydrogen (secondary N) is 1. The molecule has 2 rings (SSSR count). The average molecular weight is 394 g/mol. The van der Waals surface area contributed by atoms with Gasteiger partial charge in [-0.2, -0.15) is 0 Å². The van der Waals surface area contributed by atoms with E-state index in [9.17, 15) is 0 Å². The standard InChI is InChI=1S/C15H21ClINO/c1-18-15(6-2-4-12-5-3-9-19-12)11-7-8-14(17)13(16)10-11/h7-8,10,12,15,18H,2-6,9H2,1H3.